The van der Waals surface area contributed by atoms with Crippen molar-refractivity contribution in [2.45, 2.75) is 20.5 Å². The van der Waals surface area contributed by atoms with E-state index in [9.17, 15) is 4.79 Å². The maximum Gasteiger partial charge on any atom is 0.171 e. The van der Waals surface area contributed by atoms with Crippen LogP contribution in [0.2, 0.25) is 0 Å². The van der Waals surface area contributed by atoms with Crippen LogP contribution in [0.25, 0.3) is 0 Å². The Morgan fingerprint density at radius 1 is 1.73 bits per heavy atom. The van der Waals surface area contributed by atoms with Crippen LogP contribution in [-0.2, 0) is 6.61 Å². The number of hydrogen-bond donors (Lipinski definition) is 1. The predicted octanol–water partition coefficient (Wildman–Crippen LogP) is 1.15. The quantitative estimate of drug-likeness (QED) is 0.679. The Morgan fingerprint density at radius 3 is 2.64 bits per heavy atom. The van der Waals surface area contributed by atoms with Crippen molar-refractivity contribution < 1.29 is 9.90 Å². The van der Waals surface area contributed by atoms with Crippen LogP contribution >= 0.6 is 11.3 Å². The molecule has 0 unspecified atom stereocenters. The third-order valence-electron chi connectivity index (χ3n) is 1.30. The van der Waals surface area contributed by atoms with Crippen LogP contribution in [0.4, 0.5) is 0 Å². The topological polar surface area (TPSA) is 50.2 Å². The number of rotatable bonds is 2. The molecule has 1 aromatic heterocycles. The Bertz CT molecular complexity index is 280. The van der Waals surface area contributed by atoms with Crippen molar-refractivity contribution in [3.05, 3.63) is 15.6 Å². The smallest absolute Gasteiger partial charge is 0.171 e. The number of aliphatic hydroxyl groups excluding tert-OH is 1. The molecule has 0 saturated carbocycles. The lowest BCUT2D eigenvalue weighted by atomic mass is 10.3. The molecule has 0 atom stereocenters. The van der Waals surface area contributed by atoms with Gasteiger partial charge < -0.3 is 5.11 Å². The minimum absolute atomic E-state index is 0.0136. The van der Waals surface area contributed by atoms with E-state index < -0.39 is 0 Å². The summed E-state index contributed by atoms with van der Waals surface area (Å²) in [5.41, 5.74) is 0.714. The molecule has 0 fully saturated rings. The van der Waals surface area contributed by atoms with Gasteiger partial charge in [0.05, 0.1) is 17.2 Å². The number of ketones is 1. The van der Waals surface area contributed by atoms with Crippen LogP contribution in [-0.4, -0.2) is 15.9 Å². The molecule has 11 heavy (non-hydrogen) atoms. The summed E-state index contributed by atoms with van der Waals surface area (Å²) in [7, 11) is 0. The van der Waals surface area contributed by atoms with E-state index in [4.69, 9.17) is 5.11 Å². The van der Waals surface area contributed by atoms with Crippen LogP contribution in [0.1, 0.15) is 27.3 Å². The first-order valence-electron chi connectivity index (χ1n) is 3.23. The molecule has 0 aliphatic carbocycles. The largest absolute Gasteiger partial charge is 0.389 e. The van der Waals surface area contributed by atoms with Gasteiger partial charge in [0.2, 0.25) is 0 Å². The third kappa shape index (κ3) is 1.64. The lowest BCUT2D eigenvalue weighted by Crippen LogP contribution is -1.89. The number of thiazole rings is 1. The first kappa shape index (κ1) is 8.36. The molecular weight excluding hydrogens is 162 g/mol. The number of aryl methyl sites for hydroxylation is 1. The lowest BCUT2D eigenvalue weighted by Gasteiger charge is -1.85. The van der Waals surface area contributed by atoms with Crippen molar-refractivity contribution in [2.75, 3.05) is 0 Å². The van der Waals surface area contributed by atoms with Crippen LogP contribution in [0.5, 0.6) is 0 Å². The van der Waals surface area contributed by atoms with Gasteiger partial charge in [-0.05, 0) is 6.92 Å². The number of aromatic nitrogens is 1. The number of carbonyl (C=O) groups is 1. The maximum atomic E-state index is 10.9. The molecule has 4 heteroatoms. The fourth-order valence-electron chi connectivity index (χ4n) is 0.847. The van der Waals surface area contributed by atoms with E-state index >= 15 is 0 Å². The first-order valence-corrected chi connectivity index (χ1v) is 4.05. The van der Waals surface area contributed by atoms with Crippen LogP contribution in [0.3, 0.4) is 0 Å². The minimum atomic E-state index is -0.0845. The van der Waals surface area contributed by atoms with E-state index in [1.165, 1.54) is 18.3 Å². The standard InChI is InChI=1S/C7H9NO2S/c1-4-7(5(2)10)11-6(3-9)8-4/h9H,3H2,1-2H3. The summed E-state index contributed by atoms with van der Waals surface area (Å²) in [4.78, 5) is 15.5. The average molecular weight is 171 g/mol. The molecule has 3 nitrogen and oxygen atoms in total. The molecule has 0 bridgehead atoms. The van der Waals surface area contributed by atoms with E-state index in [-0.39, 0.29) is 12.4 Å². The summed E-state index contributed by atoms with van der Waals surface area (Å²) in [6.45, 7) is 3.19. The second-order valence-electron chi connectivity index (χ2n) is 2.24. The second-order valence-corrected chi connectivity index (χ2v) is 3.32. The highest BCUT2D eigenvalue weighted by molar-refractivity contribution is 7.13. The van der Waals surface area contributed by atoms with Gasteiger partial charge in [0, 0.05) is 6.92 Å². The molecule has 1 aromatic rings. The molecule has 0 aliphatic heterocycles. The summed E-state index contributed by atoms with van der Waals surface area (Å²) in [6, 6.07) is 0. The molecule has 1 heterocycles. The van der Waals surface area contributed by atoms with Gasteiger partial charge in [-0.15, -0.1) is 11.3 Å². The zero-order chi connectivity index (χ0) is 8.43. The molecule has 1 rings (SSSR count). The van der Waals surface area contributed by atoms with E-state index in [2.05, 4.69) is 4.98 Å². The highest BCUT2D eigenvalue weighted by atomic mass is 32.1. The number of carbonyl (C=O) groups excluding carboxylic acids is 1. The molecule has 0 amide bonds. The van der Waals surface area contributed by atoms with Crippen LogP contribution < -0.4 is 0 Å². The van der Waals surface area contributed by atoms with Crippen molar-refractivity contribution in [1.29, 1.82) is 0 Å². The molecule has 0 saturated heterocycles. The van der Waals surface area contributed by atoms with Gasteiger partial charge in [-0.3, -0.25) is 4.79 Å². The van der Waals surface area contributed by atoms with Crippen molar-refractivity contribution in [3.63, 3.8) is 0 Å². The highest BCUT2D eigenvalue weighted by Crippen LogP contribution is 2.17. The van der Waals surface area contributed by atoms with E-state index in [1.807, 2.05) is 0 Å². The summed E-state index contributed by atoms with van der Waals surface area (Å²) in [5.74, 6) is 0.0136. The summed E-state index contributed by atoms with van der Waals surface area (Å²) in [6.07, 6.45) is 0. The number of Topliss-reactive ketones (excluding diaryl/α,β-unsaturated/α-hetero) is 1. The van der Waals surface area contributed by atoms with Crippen molar-refractivity contribution in [2.24, 2.45) is 0 Å². The van der Waals surface area contributed by atoms with Gasteiger partial charge in [0.25, 0.3) is 0 Å². The highest BCUT2D eigenvalue weighted by Gasteiger charge is 2.09. The summed E-state index contributed by atoms with van der Waals surface area (Å²) in [5, 5.41) is 9.30. The van der Waals surface area contributed by atoms with Gasteiger partial charge in [0.15, 0.2) is 5.78 Å². The average Bonchev–Trinajstić information content (AvgIpc) is 2.30. The lowest BCUT2D eigenvalue weighted by molar-refractivity contribution is 0.102. The SMILES string of the molecule is CC(=O)c1sc(CO)nc1C. The molecule has 60 valence electrons. The minimum Gasteiger partial charge on any atom is -0.389 e. The molecule has 1 N–H and O–H groups in total. The number of aliphatic hydroxyl groups is 1. The van der Waals surface area contributed by atoms with Crippen molar-refractivity contribution >= 4 is 17.1 Å². The Labute approximate surface area is 68.7 Å². The zero-order valence-electron chi connectivity index (χ0n) is 6.42. The van der Waals surface area contributed by atoms with Gasteiger partial charge in [-0.1, -0.05) is 0 Å². The fraction of sp³-hybridized carbons (Fsp3) is 0.429. The van der Waals surface area contributed by atoms with Gasteiger partial charge in [-0.2, -0.15) is 0 Å². The van der Waals surface area contributed by atoms with Gasteiger partial charge in [0.1, 0.15) is 5.01 Å². The van der Waals surface area contributed by atoms with Crippen molar-refractivity contribution in [3.8, 4) is 0 Å². The number of nitrogens with zero attached hydrogens (tertiary/aromatic N) is 1. The molecular formula is C7H9NO2S. The molecule has 0 aliphatic rings. The summed E-state index contributed by atoms with van der Waals surface area (Å²) >= 11 is 1.26. The monoisotopic (exact) mass is 171 g/mol. The van der Waals surface area contributed by atoms with Crippen LogP contribution in [0.15, 0.2) is 0 Å². The Morgan fingerprint density at radius 2 is 2.36 bits per heavy atom. The third-order valence-corrected chi connectivity index (χ3v) is 2.54. The summed E-state index contributed by atoms with van der Waals surface area (Å²) < 4.78 is 0. The number of hydrogen-bond acceptors (Lipinski definition) is 4. The zero-order valence-corrected chi connectivity index (χ0v) is 7.23. The predicted molar refractivity (Wildman–Crippen MR) is 42.8 cm³/mol. The maximum absolute atomic E-state index is 10.9. The van der Waals surface area contributed by atoms with Gasteiger partial charge >= 0.3 is 0 Å². The van der Waals surface area contributed by atoms with Gasteiger partial charge in [-0.25, -0.2) is 4.98 Å². The van der Waals surface area contributed by atoms with Crippen LogP contribution in [0, 0.1) is 6.92 Å². The van der Waals surface area contributed by atoms with Crippen molar-refractivity contribution in [1.82, 2.24) is 4.98 Å². The van der Waals surface area contributed by atoms with E-state index in [0.717, 1.165) is 0 Å². The fourth-order valence-corrected chi connectivity index (χ4v) is 1.67. The first-order chi connectivity index (χ1) is 5.15. The Balaban J connectivity index is 3.07. The second kappa shape index (κ2) is 3.11. The molecule has 0 spiro atoms. The molecule has 0 aromatic carbocycles. The van der Waals surface area contributed by atoms with E-state index in [1.54, 1.807) is 6.92 Å². The molecule has 0 radical (unpaired) electrons. The Kier molecular flexibility index (Phi) is 2.36. The van der Waals surface area contributed by atoms with E-state index in [0.29, 0.717) is 15.6 Å². The Hall–Kier alpha value is -0.740. The normalized spacial score (nSPS) is 10.1.